The number of carbonyl (C=O) groups is 1. The normalized spacial score (nSPS) is 13.0. The van der Waals surface area contributed by atoms with E-state index in [0.717, 1.165) is 5.39 Å². The summed E-state index contributed by atoms with van der Waals surface area (Å²) >= 11 is 0. The summed E-state index contributed by atoms with van der Waals surface area (Å²) in [4.78, 5) is 25.7. The number of hydrogen-bond donors (Lipinski definition) is 1. The van der Waals surface area contributed by atoms with E-state index in [0.29, 0.717) is 17.9 Å². The van der Waals surface area contributed by atoms with Crippen LogP contribution in [0.3, 0.4) is 0 Å². The molecule has 0 bridgehead atoms. The number of carbonyl (C=O) groups excluding carboxylic acids is 1. The first-order valence-electron chi connectivity index (χ1n) is 10.1. The zero-order valence-electron chi connectivity index (χ0n) is 18.9. The van der Waals surface area contributed by atoms with Crippen molar-refractivity contribution in [1.29, 1.82) is 0 Å². The Morgan fingerprint density at radius 3 is 2.40 bits per heavy atom. The maximum Gasteiger partial charge on any atom is 0.248 e. The van der Waals surface area contributed by atoms with E-state index < -0.39 is 8.32 Å². The first-order valence-corrected chi connectivity index (χ1v) is 13.0. The monoisotopic (exact) mass is 425 g/mol. The fraction of sp³-hybridized carbons (Fsp3) is 0.455. The Labute approximate surface area is 178 Å². The summed E-state index contributed by atoms with van der Waals surface area (Å²) in [6, 6.07) is 5.18. The molecule has 3 heterocycles. The van der Waals surface area contributed by atoms with Crippen LogP contribution in [-0.4, -0.2) is 40.2 Å². The van der Waals surface area contributed by atoms with Crippen LogP contribution in [0.15, 0.2) is 36.8 Å². The number of hydrogen-bond acceptors (Lipinski definition) is 6. The number of ketones is 1. The lowest BCUT2D eigenvalue weighted by molar-refractivity contribution is 0.102. The number of pyridine rings is 1. The number of fused-ring (bicyclic) bond motifs is 1. The molecule has 0 aliphatic rings. The van der Waals surface area contributed by atoms with Crippen LogP contribution in [0.5, 0.6) is 0 Å². The lowest BCUT2D eigenvalue weighted by Crippen LogP contribution is -2.45. The fourth-order valence-corrected chi connectivity index (χ4v) is 3.96. The molecule has 0 aliphatic carbocycles. The van der Waals surface area contributed by atoms with E-state index in [2.05, 4.69) is 67.2 Å². The summed E-state index contributed by atoms with van der Waals surface area (Å²) < 4.78 is 8.54. The van der Waals surface area contributed by atoms with Crippen molar-refractivity contribution in [3.8, 4) is 0 Å². The average molecular weight is 426 g/mol. The minimum absolute atomic E-state index is 0.112. The smallest absolute Gasteiger partial charge is 0.248 e. The van der Waals surface area contributed by atoms with Gasteiger partial charge in [0.25, 0.3) is 0 Å². The Morgan fingerprint density at radius 2 is 1.80 bits per heavy atom. The first-order chi connectivity index (χ1) is 13.8. The van der Waals surface area contributed by atoms with Gasteiger partial charge in [0.15, 0.2) is 8.32 Å². The third-order valence-corrected chi connectivity index (χ3v) is 10.4. The van der Waals surface area contributed by atoms with Crippen molar-refractivity contribution in [3.05, 3.63) is 48.3 Å². The molecule has 2 N–H and O–H groups in total. The van der Waals surface area contributed by atoms with Gasteiger partial charge in [-0.3, -0.25) is 9.78 Å². The van der Waals surface area contributed by atoms with Crippen LogP contribution in [0.2, 0.25) is 18.1 Å². The highest BCUT2D eigenvalue weighted by atomic mass is 28.4. The lowest BCUT2D eigenvalue weighted by atomic mass is 10.1. The number of nitrogens with zero attached hydrogens (tertiary/aromatic N) is 4. The summed E-state index contributed by atoms with van der Waals surface area (Å²) in [6.45, 7) is 16.0. The standard InChI is InChI=1S/C22H31N5O2Si/c1-21(2,3)30(6,7)29-14-22(4,5)27-11-10-15-12-25-19(26-20(15)27)18(28)17-9-8-16(23)13-24-17/h8-13H,14,23H2,1-7H3. The van der Waals surface area contributed by atoms with Crippen molar-refractivity contribution in [2.24, 2.45) is 0 Å². The molecule has 7 nitrogen and oxygen atoms in total. The predicted molar refractivity (Wildman–Crippen MR) is 122 cm³/mol. The Balaban J connectivity index is 1.92. The van der Waals surface area contributed by atoms with Crippen LogP contribution < -0.4 is 5.73 Å². The van der Waals surface area contributed by atoms with Crippen molar-refractivity contribution in [1.82, 2.24) is 19.5 Å². The van der Waals surface area contributed by atoms with Gasteiger partial charge in [-0.1, -0.05) is 20.8 Å². The highest BCUT2D eigenvalue weighted by Gasteiger charge is 2.39. The molecule has 30 heavy (non-hydrogen) atoms. The van der Waals surface area contributed by atoms with E-state index in [1.807, 2.05) is 12.3 Å². The van der Waals surface area contributed by atoms with Gasteiger partial charge in [0, 0.05) is 17.8 Å². The Bertz CT molecular complexity index is 1070. The van der Waals surface area contributed by atoms with Crippen molar-refractivity contribution in [3.63, 3.8) is 0 Å². The van der Waals surface area contributed by atoms with Crippen LogP contribution >= 0.6 is 0 Å². The summed E-state index contributed by atoms with van der Waals surface area (Å²) in [6.07, 6.45) is 5.11. The molecule has 0 saturated heterocycles. The highest BCUT2D eigenvalue weighted by molar-refractivity contribution is 6.74. The number of aromatic nitrogens is 4. The quantitative estimate of drug-likeness (QED) is 0.464. The second-order valence-corrected chi connectivity index (χ2v) is 14.6. The second kappa shape index (κ2) is 7.59. The zero-order valence-corrected chi connectivity index (χ0v) is 19.9. The topological polar surface area (TPSA) is 95.9 Å². The van der Waals surface area contributed by atoms with E-state index in [1.54, 1.807) is 18.3 Å². The molecule has 0 fully saturated rings. The van der Waals surface area contributed by atoms with Crippen LogP contribution in [0.1, 0.15) is 50.9 Å². The number of nitrogen functional groups attached to an aromatic ring is 1. The molecule has 3 rings (SSSR count). The van der Waals surface area contributed by atoms with Crippen molar-refractivity contribution in [2.75, 3.05) is 12.3 Å². The van der Waals surface area contributed by atoms with Crippen molar-refractivity contribution >= 4 is 30.8 Å². The van der Waals surface area contributed by atoms with E-state index in [-0.39, 0.29) is 27.9 Å². The summed E-state index contributed by atoms with van der Waals surface area (Å²) in [5, 5.41) is 1.01. The molecule has 0 spiro atoms. The predicted octanol–water partition coefficient (Wildman–Crippen LogP) is 4.40. The summed E-state index contributed by atoms with van der Waals surface area (Å²) in [5.41, 5.74) is 6.79. The molecule has 0 unspecified atom stereocenters. The average Bonchev–Trinajstić information content (AvgIpc) is 3.10. The van der Waals surface area contributed by atoms with E-state index in [4.69, 9.17) is 10.2 Å². The number of rotatable bonds is 6. The molecule has 3 aromatic rings. The maximum atomic E-state index is 12.8. The molecule has 0 saturated carbocycles. The van der Waals surface area contributed by atoms with E-state index >= 15 is 0 Å². The van der Waals surface area contributed by atoms with Gasteiger partial charge in [-0.05, 0) is 50.2 Å². The maximum absolute atomic E-state index is 12.8. The molecule has 0 aromatic carbocycles. The second-order valence-electron chi connectivity index (χ2n) is 9.83. The number of nitrogens with two attached hydrogens (primary N) is 1. The molecule has 0 amide bonds. The fourth-order valence-electron chi connectivity index (χ4n) is 2.81. The lowest BCUT2D eigenvalue weighted by Gasteiger charge is -2.39. The third-order valence-electron chi connectivity index (χ3n) is 5.89. The first kappa shape index (κ1) is 22.1. The summed E-state index contributed by atoms with van der Waals surface area (Å²) in [5.74, 6) is -0.221. The van der Waals surface area contributed by atoms with Gasteiger partial charge >= 0.3 is 0 Å². The zero-order chi connectivity index (χ0) is 22.3. The van der Waals surface area contributed by atoms with Gasteiger partial charge in [-0.2, -0.15) is 0 Å². The Hall–Kier alpha value is -2.58. The van der Waals surface area contributed by atoms with Gasteiger partial charge in [0.05, 0.1) is 24.0 Å². The molecule has 160 valence electrons. The van der Waals surface area contributed by atoms with Gasteiger partial charge in [0.1, 0.15) is 11.3 Å². The van der Waals surface area contributed by atoms with Crippen molar-refractivity contribution < 1.29 is 9.22 Å². The van der Waals surface area contributed by atoms with Gasteiger partial charge in [0.2, 0.25) is 11.6 Å². The van der Waals surface area contributed by atoms with Crippen molar-refractivity contribution in [2.45, 2.75) is 58.3 Å². The van der Waals surface area contributed by atoms with E-state index in [9.17, 15) is 4.79 Å². The largest absolute Gasteiger partial charge is 0.414 e. The SMILES string of the molecule is CC(C)(CO[Si](C)(C)C(C)(C)C)n1ccc2cnc(C(=O)c3ccc(N)cn3)nc21. The molecule has 0 aliphatic heterocycles. The van der Waals surface area contributed by atoms with Crippen LogP contribution in [0.25, 0.3) is 11.0 Å². The van der Waals surface area contributed by atoms with Crippen LogP contribution in [0, 0.1) is 0 Å². The van der Waals surface area contributed by atoms with Crippen LogP contribution in [0.4, 0.5) is 5.69 Å². The number of anilines is 1. The Kier molecular flexibility index (Phi) is 5.59. The van der Waals surface area contributed by atoms with E-state index in [1.165, 1.54) is 6.20 Å². The highest BCUT2D eigenvalue weighted by Crippen LogP contribution is 2.37. The molecule has 8 heteroatoms. The Morgan fingerprint density at radius 1 is 1.10 bits per heavy atom. The van der Waals surface area contributed by atoms with Crippen LogP contribution in [-0.2, 0) is 9.96 Å². The van der Waals surface area contributed by atoms with Gasteiger partial charge in [-0.15, -0.1) is 0 Å². The molecular formula is C22H31N5O2Si. The molecule has 0 radical (unpaired) electrons. The molecule has 3 aromatic heterocycles. The third kappa shape index (κ3) is 4.29. The van der Waals surface area contributed by atoms with Gasteiger partial charge < -0.3 is 14.7 Å². The minimum atomic E-state index is -1.89. The minimum Gasteiger partial charge on any atom is -0.414 e. The summed E-state index contributed by atoms with van der Waals surface area (Å²) in [7, 11) is -1.89. The molecular weight excluding hydrogens is 394 g/mol. The molecule has 0 atom stereocenters. The van der Waals surface area contributed by atoms with Gasteiger partial charge in [-0.25, -0.2) is 9.97 Å².